The maximum atomic E-state index is 12.2. The Labute approximate surface area is 123 Å². The van der Waals surface area contributed by atoms with Crippen molar-refractivity contribution in [1.29, 1.82) is 0 Å². The molecule has 0 bridgehead atoms. The van der Waals surface area contributed by atoms with Gasteiger partial charge in [0, 0.05) is 6.04 Å². The van der Waals surface area contributed by atoms with Gasteiger partial charge in [0.05, 0.1) is 0 Å². The van der Waals surface area contributed by atoms with Crippen molar-refractivity contribution in [2.75, 3.05) is 0 Å². The van der Waals surface area contributed by atoms with Crippen molar-refractivity contribution in [1.82, 2.24) is 4.72 Å². The van der Waals surface area contributed by atoms with Crippen molar-refractivity contribution in [2.45, 2.75) is 36.4 Å². The van der Waals surface area contributed by atoms with Crippen molar-refractivity contribution in [3.8, 4) is 0 Å². The third-order valence-corrected chi connectivity index (χ3v) is 6.65. The Morgan fingerprint density at radius 3 is 2.75 bits per heavy atom. The summed E-state index contributed by atoms with van der Waals surface area (Å²) >= 11 is 1.24. The number of sulfonamides is 1. The van der Waals surface area contributed by atoms with Gasteiger partial charge in [-0.25, -0.2) is 13.1 Å². The molecule has 0 unspecified atom stereocenters. The lowest BCUT2D eigenvalue weighted by Crippen LogP contribution is -2.26. The lowest BCUT2D eigenvalue weighted by molar-refractivity contribution is 0.569. The summed E-state index contributed by atoms with van der Waals surface area (Å²) in [7, 11) is -3.41. The van der Waals surface area contributed by atoms with Crippen molar-refractivity contribution in [2.24, 2.45) is 0 Å². The maximum absolute atomic E-state index is 12.2. The second-order valence-corrected chi connectivity index (χ2v) is 8.05. The standard InChI is InChI=1S/C15H17NO2S2/c1-11(16-20(17,18)15-6-3-9-19-15)13-8-7-12-4-2-5-14(12)10-13/h3,6-11,16H,2,4-5H2,1H3/t11-/m1/s1. The Kier molecular flexibility index (Phi) is 3.67. The molecule has 20 heavy (non-hydrogen) atoms. The van der Waals surface area contributed by atoms with Gasteiger partial charge < -0.3 is 0 Å². The summed E-state index contributed by atoms with van der Waals surface area (Å²) in [5, 5.41) is 1.77. The second-order valence-electron chi connectivity index (χ2n) is 5.16. The van der Waals surface area contributed by atoms with E-state index in [1.165, 1.54) is 28.9 Å². The van der Waals surface area contributed by atoms with Gasteiger partial charge in [0.1, 0.15) is 4.21 Å². The quantitative estimate of drug-likeness (QED) is 0.942. The zero-order chi connectivity index (χ0) is 14.2. The molecule has 2 aromatic rings. The van der Waals surface area contributed by atoms with Crippen molar-refractivity contribution < 1.29 is 8.42 Å². The minimum Gasteiger partial charge on any atom is -0.206 e. The number of rotatable bonds is 4. The van der Waals surface area contributed by atoms with E-state index in [0.717, 1.165) is 18.4 Å². The van der Waals surface area contributed by atoms with Crippen LogP contribution in [0.3, 0.4) is 0 Å². The zero-order valence-electron chi connectivity index (χ0n) is 11.3. The van der Waals surface area contributed by atoms with Gasteiger partial charge in [0.2, 0.25) is 0 Å². The monoisotopic (exact) mass is 307 g/mol. The van der Waals surface area contributed by atoms with Gasteiger partial charge in [-0.15, -0.1) is 11.3 Å². The highest BCUT2D eigenvalue weighted by molar-refractivity contribution is 7.91. The minimum absolute atomic E-state index is 0.215. The number of hydrogen-bond donors (Lipinski definition) is 1. The van der Waals surface area contributed by atoms with E-state index in [1.54, 1.807) is 17.5 Å². The van der Waals surface area contributed by atoms with Crippen molar-refractivity contribution >= 4 is 21.4 Å². The molecule has 0 radical (unpaired) electrons. The molecule has 1 N–H and O–H groups in total. The first-order chi connectivity index (χ1) is 9.56. The number of aryl methyl sites for hydroxylation is 2. The molecule has 1 heterocycles. The van der Waals surface area contributed by atoms with Crippen LogP contribution >= 0.6 is 11.3 Å². The molecule has 1 aromatic carbocycles. The summed E-state index contributed by atoms with van der Waals surface area (Å²) in [6, 6.07) is 9.47. The Balaban J connectivity index is 1.81. The maximum Gasteiger partial charge on any atom is 0.250 e. The predicted molar refractivity (Wildman–Crippen MR) is 81.5 cm³/mol. The molecule has 3 nitrogen and oxygen atoms in total. The number of hydrogen-bond acceptors (Lipinski definition) is 3. The first kappa shape index (κ1) is 13.8. The van der Waals surface area contributed by atoms with Gasteiger partial charge in [0.25, 0.3) is 10.0 Å². The van der Waals surface area contributed by atoms with E-state index in [1.807, 2.05) is 13.0 Å². The lowest BCUT2D eigenvalue weighted by atomic mass is 10.0. The minimum atomic E-state index is -3.41. The van der Waals surface area contributed by atoms with Crippen LogP contribution < -0.4 is 4.72 Å². The normalized spacial score (nSPS) is 16.1. The molecule has 0 amide bonds. The SMILES string of the molecule is C[C@@H](NS(=O)(=O)c1cccs1)c1ccc2c(c1)CCC2. The van der Waals surface area contributed by atoms with Crippen LogP contribution in [0, 0.1) is 0 Å². The Bertz CT molecular complexity index is 705. The molecule has 3 rings (SSSR count). The summed E-state index contributed by atoms with van der Waals surface area (Å²) in [4.78, 5) is 0. The van der Waals surface area contributed by atoms with Gasteiger partial charge in [-0.3, -0.25) is 0 Å². The molecule has 1 aliphatic carbocycles. The average Bonchev–Trinajstić information content (AvgIpc) is 3.09. The molecule has 0 fully saturated rings. The molecular formula is C15H17NO2S2. The second kappa shape index (κ2) is 5.31. The third kappa shape index (κ3) is 2.66. The molecule has 106 valence electrons. The largest absolute Gasteiger partial charge is 0.250 e. The number of benzene rings is 1. The highest BCUT2D eigenvalue weighted by Crippen LogP contribution is 2.26. The molecule has 0 aliphatic heterocycles. The van der Waals surface area contributed by atoms with Crippen molar-refractivity contribution in [3.05, 3.63) is 52.4 Å². The fraction of sp³-hybridized carbons (Fsp3) is 0.333. The molecule has 1 atom stereocenters. The van der Waals surface area contributed by atoms with E-state index in [4.69, 9.17) is 0 Å². The summed E-state index contributed by atoms with van der Waals surface area (Å²) in [5.74, 6) is 0. The van der Waals surface area contributed by atoms with E-state index in [0.29, 0.717) is 4.21 Å². The molecule has 0 saturated carbocycles. The van der Waals surface area contributed by atoms with Crippen LogP contribution in [0.5, 0.6) is 0 Å². The van der Waals surface area contributed by atoms with E-state index < -0.39 is 10.0 Å². The molecule has 1 aliphatic rings. The molecule has 0 spiro atoms. The summed E-state index contributed by atoms with van der Waals surface area (Å²) in [5.41, 5.74) is 3.80. The predicted octanol–water partition coefficient (Wildman–Crippen LogP) is 3.28. The number of fused-ring (bicyclic) bond motifs is 1. The van der Waals surface area contributed by atoms with Crippen LogP contribution in [0.15, 0.2) is 39.9 Å². The topological polar surface area (TPSA) is 46.2 Å². The van der Waals surface area contributed by atoms with Crippen LogP contribution in [0.4, 0.5) is 0 Å². The first-order valence-electron chi connectivity index (χ1n) is 6.74. The fourth-order valence-electron chi connectivity index (χ4n) is 2.64. The zero-order valence-corrected chi connectivity index (χ0v) is 12.9. The van der Waals surface area contributed by atoms with Gasteiger partial charge in [-0.05, 0) is 54.3 Å². The van der Waals surface area contributed by atoms with E-state index in [-0.39, 0.29) is 6.04 Å². The number of thiophene rings is 1. The van der Waals surface area contributed by atoms with Gasteiger partial charge in [-0.1, -0.05) is 24.3 Å². The summed E-state index contributed by atoms with van der Waals surface area (Å²) < 4.78 is 27.5. The Morgan fingerprint density at radius 1 is 1.20 bits per heavy atom. The van der Waals surface area contributed by atoms with Crippen LogP contribution in [-0.4, -0.2) is 8.42 Å². The van der Waals surface area contributed by atoms with Crippen LogP contribution in [0.25, 0.3) is 0 Å². The summed E-state index contributed by atoms with van der Waals surface area (Å²) in [6.45, 7) is 1.89. The third-order valence-electron chi connectivity index (χ3n) is 3.71. The fourth-order valence-corrected chi connectivity index (χ4v) is 4.88. The van der Waals surface area contributed by atoms with Crippen molar-refractivity contribution in [3.63, 3.8) is 0 Å². The van der Waals surface area contributed by atoms with Crippen LogP contribution in [0.1, 0.15) is 36.1 Å². The molecule has 1 aromatic heterocycles. The van der Waals surface area contributed by atoms with Crippen LogP contribution in [0.2, 0.25) is 0 Å². The highest BCUT2D eigenvalue weighted by atomic mass is 32.2. The van der Waals surface area contributed by atoms with E-state index in [9.17, 15) is 8.42 Å². The van der Waals surface area contributed by atoms with Gasteiger partial charge in [-0.2, -0.15) is 0 Å². The average molecular weight is 307 g/mol. The van der Waals surface area contributed by atoms with E-state index >= 15 is 0 Å². The van der Waals surface area contributed by atoms with Gasteiger partial charge in [0.15, 0.2) is 0 Å². The first-order valence-corrected chi connectivity index (χ1v) is 9.10. The molecule has 5 heteroatoms. The Hall–Kier alpha value is -1.17. The smallest absolute Gasteiger partial charge is 0.206 e. The lowest BCUT2D eigenvalue weighted by Gasteiger charge is -2.15. The van der Waals surface area contributed by atoms with E-state index in [2.05, 4.69) is 16.9 Å². The highest BCUT2D eigenvalue weighted by Gasteiger charge is 2.20. The summed E-state index contributed by atoms with van der Waals surface area (Å²) in [6.07, 6.45) is 3.45. The Morgan fingerprint density at radius 2 is 2.00 bits per heavy atom. The molecule has 0 saturated heterocycles. The molecular weight excluding hydrogens is 290 g/mol. The van der Waals surface area contributed by atoms with Gasteiger partial charge >= 0.3 is 0 Å². The van der Waals surface area contributed by atoms with Crippen LogP contribution in [-0.2, 0) is 22.9 Å². The number of nitrogens with one attached hydrogen (secondary N) is 1.